The number of hydrogen-bond donors (Lipinski definition) is 1. The van der Waals surface area contributed by atoms with Crippen molar-refractivity contribution in [3.63, 3.8) is 0 Å². The summed E-state index contributed by atoms with van der Waals surface area (Å²) < 4.78 is 18.7. The summed E-state index contributed by atoms with van der Waals surface area (Å²) in [6, 6.07) is 7.86. The van der Waals surface area contributed by atoms with Crippen LogP contribution in [0.1, 0.15) is 62.0 Å². The molecule has 0 unspecified atom stereocenters. The van der Waals surface area contributed by atoms with Gasteiger partial charge in [-0.25, -0.2) is 0 Å². The van der Waals surface area contributed by atoms with Gasteiger partial charge in [-0.15, -0.1) is 0 Å². The zero-order valence-electron chi connectivity index (χ0n) is 17.3. The number of ether oxygens (including phenoxy) is 3. The van der Waals surface area contributed by atoms with Crippen LogP contribution in [0.5, 0.6) is 23.0 Å². The molecule has 3 aliphatic rings. The van der Waals surface area contributed by atoms with E-state index in [-0.39, 0.29) is 23.4 Å². The summed E-state index contributed by atoms with van der Waals surface area (Å²) in [7, 11) is 0. The molecule has 150 valence electrons. The zero-order valence-corrected chi connectivity index (χ0v) is 17.3. The summed E-state index contributed by atoms with van der Waals surface area (Å²) in [5.74, 6) is 2.88. The van der Waals surface area contributed by atoms with E-state index in [1.165, 1.54) is 5.57 Å². The van der Waals surface area contributed by atoms with Crippen molar-refractivity contribution < 1.29 is 19.3 Å². The lowest BCUT2D eigenvalue weighted by Gasteiger charge is -2.30. The molecule has 0 aromatic heterocycles. The van der Waals surface area contributed by atoms with Crippen LogP contribution in [0.2, 0.25) is 0 Å². The first-order valence-corrected chi connectivity index (χ1v) is 10.2. The van der Waals surface area contributed by atoms with Crippen molar-refractivity contribution >= 4 is 6.08 Å². The molecular weight excluding hydrogens is 364 g/mol. The van der Waals surface area contributed by atoms with Crippen molar-refractivity contribution in [3.05, 3.63) is 64.2 Å². The molecule has 2 aromatic rings. The first-order valence-electron chi connectivity index (χ1n) is 10.2. The van der Waals surface area contributed by atoms with Gasteiger partial charge in [0, 0.05) is 28.3 Å². The number of allylic oxidation sites excluding steroid dienone is 2. The van der Waals surface area contributed by atoms with E-state index in [2.05, 4.69) is 38.1 Å². The van der Waals surface area contributed by atoms with Gasteiger partial charge in [0.25, 0.3) is 0 Å². The second-order valence-electron chi connectivity index (χ2n) is 8.89. The van der Waals surface area contributed by atoms with Crippen LogP contribution in [-0.2, 0) is 6.42 Å². The minimum absolute atomic E-state index is 0.111. The molecule has 3 heterocycles. The van der Waals surface area contributed by atoms with Crippen LogP contribution in [0.4, 0.5) is 0 Å². The Morgan fingerprint density at radius 2 is 2.00 bits per heavy atom. The molecule has 0 saturated heterocycles. The lowest BCUT2D eigenvalue weighted by Crippen LogP contribution is -2.27. The fourth-order valence-corrected chi connectivity index (χ4v) is 4.36. The van der Waals surface area contributed by atoms with E-state index in [0.29, 0.717) is 13.0 Å². The monoisotopic (exact) mass is 390 g/mol. The molecule has 4 nitrogen and oxygen atoms in total. The van der Waals surface area contributed by atoms with E-state index in [9.17, 15) is 5.11 Å². The Morgan fingerprint density at radius 1 is 1.17 bits per heavy atom. The van der Waals surface area contributed by atoms with Gasteiger partial charge in [0.05, 0.1) is 12.5 Å². The SMILES string of the molecule is CC(C)=CCc1c(O)ccc2c1OC[C@H]1c3cc4c(cc3O[C@@H]21)OC(C)(C)C=C4. The first-order chi connectivity index (χ1) is 13.8. The molecule has 5 rings (SSSR count). The van der Waals surface area contributed by atoms with Crippen LogP contribution in [-0.4, -0.2) is 17.3 Å². The summed E-state index contributed by atoms with van der Waals surface area (Å²) in [6.45, 7) is 8.74. The Balaban J connectivity index is 1.54. The van der Waals surface area contributed by atoms with Gasteiger partial charge < -0.3 is 19.3 Å². The van der Waals surface area contributed by atoms with Crippen LogP contribution >= 0.6 is 0 Å². The number of phenolic OH excluding ortho intramolecular Hbond substituents is 1. The molecule has 1 N–H and O–H groups in total. The third kappa shape index (κ3) is 2.98. The molecule has 29 heavy (non-hydrogen) atoms. The molecule has 0 spiro atoms. The van der Waals surface area contributed by atoms with Gasteiger partial charge in [0.1, 0.15) is 34.7 Å². The highest BCUT2D eigenvalue weighted by molar-refractivity contribution is 5.66. The molecule has 4 heteroatoms. The summed E-state index contributed by atoms with van der Waals surface area (Å²) in [5.41, 5.74) is 4.96. The first kappa shape index (κ1) is 18.2. The Hall–Kier alpha value is -2.88. The van der Waals surface area contributed by atoms with E-state index < -0.39 is 0 Å². The van der Waals surface area contributed by atoms with Gasteiger partial charge >= 0.3 is 0 Å². The topological polar surface area (TPSA) is 47.9 Å². The molecule has 0 bridgehead atoms. The Morgan fingerprint density at radius 3 is 2.79 bits per heavy atom. The predicted octanol–water partition coefficient (Wildman–Crippen LogP) is 5.69. The molecule has 0 saturated carbocycles. The van der Waals surface area contributed by atoms with Crippen molar-refractivity contribution in [1.29, 1.82) is 0 Å². The standard InChI is InChI=1S/C25H26O4/c1-14(2)5-6-16-20(26)8-7-17-23(16)27-13-19-18-11-15-9-10-25(3,4)29-21(15)12-22(18)28-24(17)19/h5,7-12,19,24,26H,6,13H2,1-4H3/t19-,24-/m0/s1. The number of hydrogen-bond acceptors (Lipinski definition) is 4. The summed E-state index contributed by atoms with van der Waals surface area (Å²) >= 11 is 0. The Labute approximate surface area is 171 Å². The van der Waals surface area contributed by atoms with Crippen LogP contribution in [0, 0.1) is 0 Å². The van der Waals surface area contributed by atoms with Crippen molar-refractivity contribution in [2.45, 2.75) is 51.7 Å². The molecule has 0 aliphatic carbocycles. The number of fused-ring (bicyclic) bond motifs is 6. The Kier molecular flexibility index (Phi) is 3.95. The van der Waals surface area contributed by atoms with Gasteiger partial charge in [-0.1, -0.05) is 17.7 Å². The number of phenols is 1. The Bertz CT molecular complexity index is 1060. The minimum atomic E-state index is -0.320. The largest absolute Gasteiger partial charge is 0.508 e. The lowest BCUT2D eigenvalue weighted by atomic mass is 9.86. The van der Waals surface area contributed by atoms with Gasteiger partial charge in [-0.05, 0) is 58.4 Å². The van der Waals surface area contributed by atoms with Gasteiger partial charge in [0.15, 0.2) is 0 Å². The highest BCUT2D eigenvalue weighted by atomic mass is 16.5. The lowest BCUT2D eigenvalue weighted by molar-refractivity contribution is 0.137. The maximum absolute atomic E-state index is 10.4. The fraction of sp³-hybridized carbons (Fsp3) is 0.360. The van der Waals surface area contributed by atoms with Gasteiger partial charge in [-0.3, -0.25) is 0 Å². The third-order valence-corrected chi connectivity index (χ3v) is 5.89. The van der Waals surface area contributed by atoms with Crippen molar-refractivity contribution in [3.8, 4) is 23.0 Å². The highest BCUT2D eigenvalue weighted by Gasteiger charge is 2.42. The fourth-order valence-electron chi connectivity index (χ4n) is 4.36. The van der Waals surface area contributed by atoms with Crippen LogP contribution in [0.3, 0.4) is 0 Å². The average molecular weight is 390 g/mol. The van der Waals surface area contributed by atoms with Crippen molar-refractivity contribution in [1.82, 2.24) is 0 Å². The smallest absolute Gasteiger partial charge is 0.138 e. The maximum atomic E-state index is 10.4. The van der Waals surface area contributed by atoms with E-state index in [4.69, 9.17) is 14.2 Å². The van der Waals surface area contributed by atoms with Crippen molar-refractivity contribution in [2.75, 3.05) is 6.61 Å². The zero-order chi connectivity index (χ0) is 20.3. The minimum Gasteiger partial charge on any atom is -0.508 e. The number of benzene rings is 2. The van der Waals surface area contributed by atoms with Crippen molar-refractivity contribution in [2.24, 2.45) is 0 Å². The predicted molar refractivity (Wildman–Crippen MR) is 113 cm³/mol. The summed E-state index contributed by atoms with van der Waals surface area (Å²) in [6.07, 6.45) is 6.85. The molecule has 2 atom stereocenters. The molecule has 0 radical (unpaired) electrons. The number of rotatable bonds is 2. The van der Waals surface area contributed by atoms with E-state index >= 15 is 0 Å². The second kappa shape index (κ2) is 6.31. The van der Waals surface area contributed by atoms with Crippen LogP contribution < -0.4 is 14.2 Å². The molecular formula is C25H26O4. The quantitative estimate of drug-likeness (QED) is 0.669. The maximum Gasteiger partial charge on any atom is 0.138 e. The molecule has 2 aromatic carbocycles. The summed E-state index contributed by atoms with van der Waals surface area (Å²) in [5, 5.41) is 10.4. The molecule has 0 fully saturated rings. The van der Waals surface area contributed by atoms with E-state index in [1.807, 2.05) is 26.0 Å². The van der Waals surface area contributed by atoms with E-state index in [1.54, 1.807) is 6.07 Å². The average Bonchev–Trinajstić information content (AvgIpc) is 3.02. The van der Waals surface area contributed by atoms with Gasteiger partial charge in [0.2, 0.25) is 0 Å². The van der Waals surface area contributed by atoms with Crippen LogP contribution in [0.25, 0.3) is 6.08 Å². The normalized spacial score (nSPS) is 22.2. The van der Waals surface area contributed by atoms with Crippen LogP contribution in [0.15, 0.2) is 42.0 Å². The van der Waals surface area contributed by atoms with E-state index in [0.717, 1.165) is 39.5 Å². The molecule has 0 amide bonds. The second-order valence-corrected chi connectivity index (χ2v) is 8.89. The van der Waals surface area contributed by atoms with Gasteiger partial charge in [-0.2, -0.15) is 0 Å². The summed E-state index contributed by atoms with van der Waals surface area (Å²) in [4.78, 5) is 0. The molecule has 3 aliphatic heterocycles. The third-order valence-electron chi connectivity index (χ3n) is 5.89. The number of aromatic hydroxyl groups is 1. The highest BCUT2D eigenvalue weighted by Crippen LogP contribution is 2.54.